The molecule has 1 aromatic rings. The first kappa shape index (κ1) is 16.0. The lowest BCUT2D eigenvalue weighted by atomic mass is 10.1. The number of amides is 1. The van der Waals surface area contributed by atoms with Gasteiger partial charge in [0, 0.05) is 13.0 Å². The number of aliphatic hydroxyl groups excluding tert-OH is 1. The van der Waals surface area contributed by atoms with Crippen molar-refractivity contribution in [1.82, 2.24) is 15.1 Å². The summed E-state index contributed by atoms with van der Waals surface area (Å²) in [6.07, 6.45) is 0.874. The molecule has 0 radical (unpaired) electrons. The van der Waals surface area contributed by atoms with Gasteiger partial charge in [0.25, 0.3) is 0 Å². The third-order valence-corrected chi connectivity index (χ3v) is 3.39. The zero-order chi connectivity index (χ0) is 14.3. The minimum absolute atomic E-state index is 0.0540. The molecule has 6 nitrogen and oxygen atoms in total. The number of aliphatic hydroxyl groups is 1. The molecule has 0 aliphatic carbocycles. The number of likely N-dealkylation sites (N-methyl/N-ethyl adjacent to an activating group) is 1. The molecule has 0 aliphatic rings. The van der Waals surface area contributed by atoms with E-state index in [1.165, 1.54) is 11.3 Å². The van der Waals surface area contributed by atoms with Crippen molar-refractivity contribution in [3.05, 3.63) is 5.01 Å². The zero-order valence-corrected chi connectivity index (χ0v) is 12.5. The molecule has 2 N–H and O–H groups in total. The molecule has 0 unspecified atom stereocenters. The lowest BCUT2D eigenvalue weighted by Crippen LogP contribution is -2.35. The van der Waals surface area contributed by atoms with Crippen LogP contribution in [-0.2, 0) is 11.2 Å². The molecular weight excluding hydrogens is 264 g/mol. The zero-order valence-electron chi connectivity index (χ0n) is 11.7. The van der Waals surface area contributed by atoms with E-state index in [4.69, 9.17) is 5.11 Å². The van der Waals surface area contributed by atoms with Crippen LogP contribution in [0, 0.1) is 5.92 Å². The van der Waals surface area contributed by atoms with Gasteiger partial charge >= 0.3 is 0 Å². The quantitative estimate of drug-likeness (QED) is 0.745. The fourth-order valence-corrected chi connectivity index (χ4v) is 2.56. The van der Waals surface area contributed by atoms with Gasteiger partial charge in [0.05, 0.1) is 13.2 Å². The normalized spacial score (nSPS) is 11.3. The highest BCUT2D eigenvalue weighted by molar-refractivity contribution is 7.15. The van der Waals surface area contributed by atoms with Crippen molar-refractivity contribution >= 4 is 22.4 Å². The molecular formula is C12H22N4O2S. The molecule has 0 saturated heterocycles. The lowest BCUT2D eigenvalue weighted by molar-refractivity contribution is -0.117. The van der Waals surface area contributed by atoms with Gasteiger partial charge in [-0.15, -0.1) is 10.2 Å². The van der Waals surface area contributed by atoms with Crippen LogP contribution in [0.1, 0.15) is 25.8 Å². The van der Waals surface area contributed by atoms with Crippen molar-refractivity contribution in [3.63, 3.8) is 0 Å². The highest BCUT2D eigenvalue weighted by atomic mass is 32.1. The second-order valence-electron chi connectivity index (χ2n) is 4.74. The first-order valence-corrected chi connectivity index (χ1v) is 7.32. The highest BCUT2D eigenvalue weighted by Crippen LogP contribution is 2.18. The highest BCUT2D eigenvalue weighted by Gasteiger charge is 2.12. The van der Waals surface area contributed by atoms with Gasteiger partial charge in [0.2, 0.25) is 11.0 Å². The van der Waals surface area contributed by atoms with Gasteiger partial charge in [-0.2, -0.15) is 0 Å². The molecule has 108 valence electrons. The average Bonchev–Trinajstić information content (AvgIpc) is 2.74. The standard InChI is InChI=1S/C12H22N4O2S/c1-4-16(5-6-17)8-10(18)13-12-15-14-11(19-12)7-9(2)3/h9,17H,4-8H2,1-3H3,(H,13,15,18). The van der Waals surface area contributed by atoms with E-state index in [1.54, 1.807) is 0 Å². The maximum Gasteiger partial charge on any atom is 0.240 e. The Morgan fingerprint density at radius 3 is 2.79 bits per heavy atom. The monoisotopic (exact) mass is 286 g/mol. The molecule has 1 rings (SSSR count). The van der Waals surface area contributed by atoms with Crippen molar-refractivity contribution in [2.24, 2.45) is 5.92 Å². The smallest absolute Gasteiger partial charge is 0.240 e. The van der Waals surface area contributed by atoms with E-state index < -0.39 is 0 Å². The van der Waals surface area contributed by atoms with Gasteiger partial charge in [-0.05, 0) is 12.5 Å². The molecule has 0 atom stereocenters. The van der Waals surface area contributed by atoms with E-state index in [1.807, 2.05) is 11.8 Å². The van der Waals surface area contributed by atoms with Gasteiger partial charge in [-0.1, -0.05) is 32.1 Å². The number of nitrogens with one attached hydrogen (secondary N) is 1. The van der Waals surface area contributed by atoms with Crippen molar-refractivity contribution < 1.29 is 9.90 Å². The Balaban J connectivity index is 2.45. The predicted molar refractivity (Wildman–Crippen MR) is 76.3 cm³/mol. The third-order valence-electron chi connectivity index (χ3n) is 2.53. The first-order chi connectivity index (χ1) is 9.05. The molecule has 0 aliphatic heterocycles. The van der Waals surface area contributed by atoms with Crippen LogP contribution in [0.5, 0.6) is 0 Å². The van der Waals surface area contributed by atoms with Gasteiger partial charge in [0.15, 0.2) is 0 Å². The van der Waals surface area contributed by atoms with E-state index in [0.717, 1.165) is 18.0 Å². The van der Waals surface area contributed by atoms with Gasteiger partial charge in [-0.3, -0.25) is 15.0 Å². The maximum absolute atomic E-state index is 11.8. The van der Waals surface area contributed by atoms with Crippen molar-refractivity contribution in [2.75, 3.05) is 31.6 Å². The Morgan fingerprint density at radius 2 is 2.21 bits per heavy atom. The van der Waals surface area contributed by atoms with E-state index in [0.29, 0.717) is 17.6 Å². The topological polar surface area (TPSA) is 78.4 Å². The molecule has 1 aromatic heterocycles. The number of carbonyl (C=O) groups excluding carboxylic acids is 1. The van der Waals surface area contributed by atoms with Crippen LogP contribution >= 0.6 is 11.3 Å². The average molecular weight is 286 g/mol. The summed E-state index contributed by atoms with van der Waals surface area (Å²) in [6.45, 7) is 7.73. The third kappa shape index (κ3) is 6.09. The van der Waals surface area contributed by atoms with Crippen LogP contribution in [0.25, 0.3) is 0 Å². The summed E-state index contributed by atoms with van der Waals surface area (Å²) in [5, 5.41) is 21.1. The molecule has 7 heteroatoms. The minimum atomic E-state index is -0.123. The molecule has 19 heavy (non-hydrogen) atoms. The van der Waals surface area contributed by atoms with Crippen LogP contribution in [0.2, 0.25) is 0 Å². The fourth-order valence-electron chi connectivity index (χ4n) is 1.59. The number of carbonyl (C=O) groups is 1. The van der Waals surface area contributed by atoms with Crippen LogP contribution in [0.3, 0.4) is 0 Å². The van der Waals surface area contributed by atoms with Crippen molar-refractivity contribution in [3.8, 4) is 0 Å². The largest absolute Gasteiger partial charge is 0.395 e. The molecule has 1 heterocycles. The van der Waals surface area contributed by atoms with E-state index in [-0.39, 0.29) is 19.1 Å². The summed E-state index contributed by atoms with van der Waals surface area (Å²) in [5.74, 6) is 0.402. The Bertz CT molecular complexity index is 395. The molecule has 0 bridgehead atoms. The molecule has 0 fully saturated rings. The number of anilines is 1. The van der Waals surface area contributed by atoms with Gasteiger partial charge < -0.3 is 5.11 Å². The summed E-state index contributed by atoms with van der Waals surface area (Å²) < 4.78 is 0. The lowest BCUT2D eigenvalue weighted by Gasteiger charge is -2.17. The van der Waals surface area contributed by atoms with Crippen LogP contribution in [0.4, 0.5) is 5.13 Å². The second kappa shape index (κ2) is 8.19. The summed E-state index contributed by atoms with van der Waals surface area (Å²) in [6, 6.07) is 0. The molecule has 0 aromatic carbocycles. The van der Waals surface area contributed by atoms with E-state index in [9.17, 15) is 4.79 Å². The van der Waals surface area contributed by atoms with Crippen LogP contribution in [-0.4, -0.2) is 52.4 Å². The van der Waals surface area contributed by atoms with Crippen molar-refractivity contribution in [2.45, 2.75) is 27.2 Å². The van der Waals surface area contributed by atoms with Crippen LogP contribution in [0.15, 0.2) is 0 Å². The predicted octanol–water partition coefficient (Wildman–Crippen LogP) is 0.989. The SMILES string of the molecule is CCN(CCO)CC(=O)Nc1nnc(CC(C)C)s1. The summed E-state index contributed by atoms with van der Waals surface area (Å²) >= 11 is 1.42. The summed E-state index contributed by atoms with van der Waals surface area (Å²) in [5.41, 5.74) is 0. The molecule has 1 amide bonds. The fraction of sp³-hybridized carbons (Fsp3) is 0.750. The minimum Gasteiger partial charge on any atom is -0.395 e. The Hall–Kier alpha value is -1.05. The van der Waals surface area contributed by atoms with E-state index >= 15 is 0 Å². The summed E-state index contributed by atoms with van der Waals surface area (Å²) in [4.78, 5) is 13.7. The number of aromatic nitrogens is 2. The van der Waals surface area contributed by atoms with Crippen molar-refractivity contribution in [1.29, 1.82) is 0 Å². The number of hydrogen-bond acceptors (Lipinski definition) is 6. The Morgan fingerprint density at radius 1 is 1.47 bits per heavy atom. The Labute approximate surface area is 117 Å². The maximum atomic E-state index is 11.8. The number of rotatable bonds is 8. The Kier molecular flexibility index (Phi) is 6.90. The van der Waals surface area contributed by atoms with E-state index in [2.05, 4.69) is 29.4 Å². The molecule has 0 saturated carbocycles. The van der Waals surface area contributed by atoms with Gasteiger partial charge in [-0.25, -0.2) is 0 Å². The summed E-state index contributed by atoms with van der Waals surface area (Å²) in [7, 11) is 0. The second-order valence-corrected chi connectivity index (χ2v) is 5.80. The molecule has 0 spiro atoms. The van der Waals surface area contributed by atoms with Crippen LogP contribution < -0.4 is 5.32 Å². The van der Waals surface area contributed by atoms with Gasteiger partial charge in [0.1, 0.15) is 5.01 Å². The first-order valence-electron chi connectivity index (χ1n) is 6.50. The number of hydrogen-bond donors (Lipinski definition) is 2. The number of nitrogens with zero attached hydrogens (tertiary/aromatic N) is 3.